The molecule has 0 aromatic heterocycles. The highest BCUT2D eigenvalue weighted by molar-refractivity contribution is 8.00. The Morgan fingerprint density at radius 2 is 2.33 bits per heavy atom. The molecular formula is C11H21NO2S. The van der Waals surface area contributed by atoms with E-state index in [1.54, 1.807) is 0 Å². The molecule has 0 aromatic carbocycles. The molecular weight excluding hydrogens is 210 g/mol. The van der Waals surface area contributed by atoms with Gasteiger partial charge in [0.1, 0.15) is 6.10 Å². The highest BCUT2D eigenvalue weighted by atomic mass is 32.2. The van der Waals surface area contributed by atoms with Gasteiger partial charge in [0.05, 0.1) is 5.37 Å². The number of carbonyl (C=O) groups is 1. The molecule has 1 rings (SSSR count). The second kappa shape index (κ2) is 6.38. The first-order chi connectivity index (χ1) is 7.20. The molecule has 3 nitrogen and oxygen atoms in total. The van der Waals surface area contributed by atoms with E-state index >= 15 is 0 Å². The summed E-state index contributed by atoms with van der Waals surface area (Å²) in [6, 6.07) is 0. The average Bonchev–Trinajstić information content (AvgIpc) is 2.66. The van der Waals surface area contributed by atoms with Crippen molar-refractivity contribution in [2.75, 3.05) is 18.9 Å². The lowest BCUT2D eigenvalue weighted by Gasteiger charge is -2.26. The molecule has 1 fully saturated rings. The van der Waals surface area contributed by atoms with Crippen LogP contribution >= 0.6 is 11.8 Å². The van der Waals surface area contributed by atoms with Crippen molar-refractivity contribution < 1.29 is 9.53 Å². The van der Waals surface area contributed by atoms with Gasteiger partial charge in [-0.1, -0.05) is 13.3 Å². The maximum absolute atomic E-state index is 12.0. The second-order valence-corrected chi connectivity index (χ2v) is 5.03. The van der Waals surface area contributed by atoms with E-state index in [0.717, 1.165) is 25.1 Å². The van der Waals surface area contributed by atoms with Gasteiger partial charge in [-0.15, -0.1) is 11.8 Å². The number of rotatable bonds is 5. The maximum atomic E-state index is 12.0. The van der Waals surface area contributed by atoms with Crippen LogP contribution in [0.4, 0.5) is 0 Å². The molecule has 1 amide bonds. The molecule has 1 aliphatic rings. The standard InChI is InChI=1S/C11H21NO2S/c1-4-6-10-12(7-8-15-10)11(13)9(3)14-5-2/h9-10H,4-8H2,1-3H3/t9-,10-/m1/s1. The minimum atomic E-state index is -0.284. The van der Waals surface area contributed by atoms with Crippen molar-refractivity contribution in [2.24, 2.45) is 0 Å². The fourth-order valence-corrected chi connectivity index (χ4v) is 3.18. The Bertz CT molecular complexity index is 211. The highest BCUT2D eigenvalue weighted by Crippen LogP contribution is 2.28. The van der Waals surface area contributed by atoms with Crippen LogP contribution in [-0.4, -0.2) is 41.2 Å². The summed E-state index contributed by atoms with van der Waals surface area (Å²) in [7, 11) is 0. The van der Waals surface area contributed by atoms with E-state index in [4.69, 9.17) is 4.74 Å². The minimum Gasteiger partial charge on any atom is -0.369 e. The molecule has 1 aliphatic heterocycles. The Morgan fingerprint density at radius 1 is 1.60 bits per heavy atom. The van der Waals surface area contributed by atoms with Gasteiger partial charge in [-0.25, -0.2) is 0 Å². The lowest BCUT2D eigenvalue weighted by Crippen LogP contribution is -2.41. The SMILES string of the molecule is CCC[C@H]1SCCN1C(=O)[C@@H](C)OCC. The lowest BCUT2D eigenvalue weighted by atomic mass is 10.2. The first-order valence-corrected chi connectivity index (χ1v) is 6.79. The van der Waals surface area contributed by atoms with Crippen molar-refractivity contribution in [1.29, 1.82) is 0 Å². The van der Waals surface area contributed by atoms with Crippen LogP contribution in [0.15, 0.2) is 0 Å². The first kappa shape index (κ1) is 12.8. The summed E-state index contributed by atoms with van der Waals surface area (Å²) >= 11 is 1.89. The van der Waals surface area contributed by atoms with E-state index in [9.17, 15) is 4.79 Å². The first-order valence-electron chi connectivity index (χ1n) is 5.74. The van der Waals surface area contributed by atoms with Crippen molar-refractivity contribution in [2.45, 2.75) is 45.1 Å². The Kier molecular flexibility index (Phi) is 5.47. The van der Waals surface area contributed by atoms with Gasteiger partial charge in [0.25, 0.3) is 5.91 Å². The summed E-state index contributed by atoms with van der Waals surface area (Å²) in [4.78, 5) is 14.0. The second-order valence-electron chi connectivity index (χ2n) is 3.74. The van der Waals surface area contributed by atoms with Crippen molar-refractivity contribution in [3.05, 3.63) is 0 Å². The molecule has 4 heteroatoms. The molecule has 0 bridgehead atoms. The van der Waals surface area contributed by atoms with Crippen LogP contribution in [0.25, 0.3) is 0 Å². The van der Waals surface area contributed by atoms with Crippen LogP contribution in [0.1, 0.15) is 33.6 Å². The average molecular weight is 231 g/mol. The van der Waals surface area contributed by atoms with Crippen LogP contribution < -0.4 is 0 Å². The van der Waals surface area contributed by atoms with Gasteiger partial charge in [0.2, 0.25) is 0 Å². The predicted octanol–water partition coefficient (Wildman–Crippen LogP) is 2.11. The zero-order valence-electron chi connectivity index (χ0n) is 9.86. The van der Waals surface area contributed by atoms with E-state index in [-0.39, 0.29) is 12.0 Å². The third-order valence-corrected chi connectivity index (χ3v) is 3.87. The van der Waals surface area contributed by atoms with Crippen molar-refractivity contribution in [3.63, 3.8) is 0 Å². The van der Waals surface area contributed by atoms with Gasteiger partial charge in [-0.2, -0.15) is 0 Å². The Labute approximate surface area is 96.5 Å². The Hall–Kier alpha value is -0.220. The van der Waals surface area contributed by atoms with Gasteiger partial charge >= 0.3 is 0 Å². The van der Waals surface area contributed by atoms with E-state index < -0.39 is 0 Å². The van der Waals surface area contributed by atoms with Crippen molar-refractivity contribution >= 4 is 17.7 Å². The molecule has 1 saturated heterocycles. The third-order valence-electron chi connectivity index (χ3n) is 2.57. The molecule has 1 heterocycles. The quantitative estimate of drug-likeness (QED) is 0.726. The normalized spacial score (nSPS) is 23.1. The zero-order valence-corrected chi connectivity index (χ0v) is 10.7. The molecule has 0 spiro atoms. The van der Waals surface area contributed by atoms with Gasteiger partial charge in [0.15, 0.2) is 0 Å². The monoisotopic (exact) mass is 231 g/mol. The number of carbonyl (C=O) groups excluding carboxylic acids is 1. The van der Waals surface area contributed by atoms with Crippen LogP contribution in [0.5, 0.6) is 0 Å². The maximum Gasteiger partial charge on any atom is 0.252 e. The highest BCUT2D eigenvalue weighted by Gasteiger charge is 2.31. The predicted molar refractivity (Wildman–Crippen MR) is 64.0 cm³/mol. The van der Waals surface area contributed by atoms with Gasteiger partial charge in [0, 0.05) is 18.9 Å². The number of hydrogen-bond acceptors (Lipinski definition) is 3. The van der Waals surface area contributed by atoms with Gasteiger partial charge < -0.3 is 9.64 Å². The molecule has 0 unspecified atom stereocenters. The largest absolute Gasteiger partial charge is 0.369 e. The number of hydrogen-bond donors (Lipinski definition) is 0. The van der Waals surface area contributed by atoms with Crippen molar-refractivity contribution in [1.82, 2.24) is 4.90 Å². The summed E-state index contributed by atoms with van der Waals surface area (Å²) in [5.41, 5.74) is 0. The van der Waals surface area contributed by atoms with E-state index in [1.165, 1.54) is 0 Å². The zero-order chi connectivity index (χ0) is 11.3. The number of amides is 1. The number of nitrogens with zero attached hydrogens (tertiary/aromatic N) is 1. The molecule has 0 saturated carbocycles. The van der Waals surface area contributed by atoms with Gasteiger partial charge in [-0.3, -0.25) is 4.79 Å². The van der Waals surface area contributed by atoms with Crippen molar-refractivity contribution in [3.8, 4) is 0 Å². The summed E-state index contributed by atoms with van der Waals surface area (Å²) in [5, 5.41) is 0.380. The van der Waals surface area contributed by atoms with Crippen LogP contribution in [0.3, 0.4) is 0 Å². The fraction of sp³-hybridized carbons (Fsp3) is 0.909. The third kappa shape index (κ3) is 3.38. The van der Waals surface area contributed by atoms with E-state index in [1.807, 2.05) is 30.5 Å². The topological polar surface area (TPSA) is 29.5 Å². The summed E-state index contributed by atoms with van der Waals surface area (Å²) in [6.07, 6.45) is 1.94. The molecule has 88 valence electrons. The molecule has 0 aromatic rings. The van der Waals surface area contributed by atoms with Crippen LogP contribution in [0.2, 0.25) is 0 Å². The Morgan fingerprint density at radius 3 is 2.93 bits per heavy atom. The summed E-state index contributed by atoms with van der Waals surface area (Å²) in [6.45, 7) is 7.41. The fourth-order valence-electron chi connectivity index (χ4n) is 1.81. The molecule has 0 N–H and O–H groups in total. The molecule has 0 radical (unpaired) electrons. The summed E-state index contributed by atoms with van der Waals surface area (Å²) < 4.78 is 5.34. The molecule has 15 heavy (non-hydrogen) atoms. The van der Waals surface area contributed by atoms with Crippen LogP contribution in [-0.2, 0) is 9.53 Å². The Balaban J connectivity index is 2.50. The van der Waals surface area contributed by atoms with E-state index in [2.05, 4.69) is 6.92 Å². The molecule has 0 aliphatic carbocycles. The summed E-state index contributed by atoms with van der Waals surface area (Å²) in [5.74, 6) is 1.22. The number of ether oxygens (including phenoxy) is 1. The minimum absolute atomic E-state index is 0.153. The molecule has 2 atom stereocenters. The lowest BCUT2D eigenvalue weighted by molar-refractivity contribution is -0.142. The number of thioether (sulfide) groups is 1. The van der Waals surface area contributed by atoms with E-state index in [0.29, 0.717) is 12.0 Å². The smallest absolute Gasteiger partial charge is 0.252 e. The van der Waals surface area contributed by atoms with Gasteiger partial charge in [-0.05, 0) is 20.3 Å². The van der Waals surface area contributed by atoms with Crippen LogP contribution in [0, 0.1) is 0 Å².